The fraction of sp³-hybridized carbons (Fsp3) is 0.357. The van der Waals surface area contributed by atoms with E-state index in [2.05, 4.69) is 41.2 Å². The predicted molar refractivity (Wildman–Crippen MR) is 79.4 cm³/mol. The van der Waals surface area contributed by atoms with Crippen molar-refractivity contribution in [3.63, 3.8) is 0 Å². The fourth-order valence-electron chi connectivity index (χ4n) is 1.80. The van der Waals surface area contributed by atoms with Crippen molar-refractivity contribution in [2.75, 3.05) is 4.90 Å². The summed E-state index contributed by atoms with van der Waals surface area (Å²) in [7, 11) is 0. The van der Waals surface area contributed by atoms with Crippen molar-refractivity contribution in [2.45, 2.75) is 32.3 Å². The molecule has 2 nitrogen and oxygen atoms in total. The van der Waals surface area contributed by atoms with Gasteiger partial charge in [-0.15, -0.1) is 22.9 Å². The number of hydrogen-bond donors (Lipinski definition) is 0. The first-order chi connectivity index (χ1) is 8.70. The zero-order chi connectivity index (χ0) is 13.0. The van der Waals surface area contributed by atoms with E-state index in [4.69, 9.17) is 11.6 Å². The third-order valence-corrected chi connectivity index (χ3v) is 3.89. The van der Waals surface area contributed by atoms with Gasteiger partial charge in [0.25, 0.3) is 0 Å². The SMILES string of the molecule is CC(C)N(Cc1cccs1)c1cccc(CCl)n1. The Morgan fingerprint density at radius 3 is 2.72 bits per heavy atom. The lowest BCUT2D eigenvalue weighted by atomic mass is 10.2. The van der Waals surface area contributed by atoms with E-state index < -0.39 is 0 Å². The topological polar surface area (TPSA) is 16.1 Å². The molecule has 0 saturated heterocycles. The normalized spacial score (nSPS) is 10.9. The summed E-state index contributed by atoms with van der Waals surface area (Å²) >= 11 is 7.62. The molecule has 18 heavy (non-hydrogen) atoms. The molecule has 0 aliphatic heterocycles. The molecule has 2 rings (SSSR count). The van der Waals surface area contributed by atoms with Gasteiger partial charge in [0.2, 0.25) is 0 Å². The second-order valence-corrected chi connectivity index (χ2v) is 5.72. The van der Waals surface area contributed by atoms with Crippen LogP contribution in [0.4, 0.5) is 5.82 Å². The molecule has 0 radical (unpaired) electrons. The number of alkyl halides is 1. The first-order valence-corrected chi connectivity index (χ1v) is 7.43. The highest BCUT2D eigenvalue weighted by Gasteiger charge is 2.13. The van der Waals surface area contributed by atoms with Crippen LogP contribution in [0.2, 0.25) is 0 Å². The minimum absolute atomic E-state index is 0.408. The Morgan fingerprint density at radius 2 is 2.11 bits per heavy atom. The number of pyridine rings is 1. The molecule has 0 N–H and O–H groups in total. The fourth-order valence-corrected chi connectivity index (χ4v) is 2.65. The number of thiophene rings is 1. The van der Waals surface area contributed by atoms with E-state index in [-0.39, 0.29) is 0 Å². The molecule has 0 amide bonds. The average molecular weight is 281 g/mol. The van der Waals surface area contributed by atoms with Crippen molar-refractivity contribution < 1.29 is 0 Å². The summed E-state index contributed by atoms with van der Waals surface area (Å²) in [6.07, 6.45) is 0. The Hall–Kier alpha value is -1.06. The summed E-state index contributed by atoms with van der Waals surface area (Å²) in [5.41, 5.74) is 0.922. The molecule has 4 heteroatoms. The Kier molecular flexibility index (Phi) is 4.61. The number of aromatic nitrogens is 1. The first-order valence-electron chi connectivity index (χ1n) is 6.01. The molecule has 0 atom stereocenters. The summed E-state index contributed by atoms with van der Waals surface area (Å²) < 4.78 is 0. The van der Waals surface area contributed by atoms with Gasteiger partial charge in [-0.25, -0.2) is 4.98 Å². The van der Waals surface area contributed by atoms with Gasteiger partial charge >= 0.3 is 0 Å². The molecular weight excluding hydrogens is 264 g/mol. The zero-order valence-electron chi connectivity index (χ0n) is 10.6. The standard InChI is InChI=1S/C14H17ClN2S/c1-11(2)17(10-13-6-4-8-18-13)14-7-3-5-12(9-15)16-14/h3-8,11H,9-10H2,1-2H3. The van der Waals surface area contributed by atoms with Crippen LogP contribution in [0, 0.1) is 0 Å². The van der Waals surface area contributed by atoms with Gasteiger partial charge in [-0.3, -0.25) is 0 Å². The number of anilines is 1. The first kappa shape index (κ1) is 13.4. The van der Waals surface area contributed by atoms with Gasteiger partial charge in [0.1, 0.15) is 5.82 Å². The van der Waals surface area contributed by atoms with Crippen molar-refractivity contribution in [3.05, 3.63) is 46.3 Å². The molecule has 0 saturated carbocycles. The molecule has 2 aromatic heterocycles. The second kappa shape index (κ2) is 6.21. The van der Waals surface area contributed by atoms with Gasteiger partial charge in [0.15, 0.2) is 0 Å². The summed E-state index contributed by atoms with van der Waals surface area (Å²) in [4.78, 5) is 8.23. The summed E-state index contributed by atoms with van der Waals surface area (Å²) in [5.74, 6) is 1.45. The van der Waals surface area contributed by atoms with Gasteiger partial charge in [-0.1, -0.05) is 12.1 Å². The van der Waals surface area contributed by atoms with E-state index in [0.717, 1.165) is 18.1 Å². The van der Waals surface area contributed by atoms with Crippen LogP contribution >= 0.6 is 22.9 Å². The van der Waals surface area contributed by atoms with Crippen LogP contribution in [0.3, 0.4) is 0 Å². The molecule has 0 unspecified atom stereocenters. The van der Waals surface area contributed by atoms with Crippen LogP contribution in [0.15, 0.2) is 35.7 Å². The highest BCUT2D eigenvalue weighted by atomic mass is 35.5. The minimum atomic E-state index is 0.408. The number of nitrogens with zero attached hydrogens (tertiary/aromatic N) is 2. The molecule has 0 bridgehead atoms. The maximum absolute atomic E-state index is 5.85. The molecule has 96 valence electrons. The van der Waals surface area contributed by atoms with Crippen molar-refractivity contribution in [3.8, 4) is 0 Å². The minimum Gasteiger partial charge on any atom is -0.349 e. The Bertz CT molecular complexity index is 482. The average Bonchev–Trinajstić information content (AvgIpc) is 2.88. The molecule has 0 fully saturated rings. The predicted octanol–water partition coefficient (Wildman–Crippen LogP) is 4.30. The highest BCUT2D eigenvalue weighted by molar-refractivity contribution is 7.09. The number of rotatable bonds is 5. The zero-order valence-corrected chi connectivity index (χ0v) is 12.2. The molecule has 0 aliphatic carbocycles. The van der Waals surface area contributed by atoms with E-state index in [1.54, 1.807) is 11.3 Å². The van der Waals surface area contributed by atoms with Gasteiger partial charge < -0.3 is 4.90 Å². The smallest absolute Gasteiger partial charge is 0.129 e. The van der Waals surface area contributed by atoms with Crippen LogP contribution in [0.25, 0.3) is 0 Å². The van der Waals surface area contributed by atoms with Crippen molar-refractivity contribution in [1.29, 1.82) is 0 Å². The van der Waals surface area contributed by atoms with E-state index in [9.17, 15) is 0 Å². The van der Waals surface area contributed by atoms with E-state index in [1.165, 1.54) is 4.88 Å². The number of hydrogen-bond acceptors (Lipinski definition) is 3. The molecule has 0 aromatic carbocycles. The van der Waals surface area contributed by atoms with Crippen LogP contribution in [0.1, 0.15) is 24.4 Å². The molecule has 2 aromatic rings. The second-order valence-electron chi connectivity index (χ2n) is 4.42. The molecule has 2 heterocycles. The Morgan fingerprint density at radius 1 is 1.28 bits per heavy atom. The van der Waals surface area contributed by atoms with Crippen LogP contribution in [-0.2, 0) is 12.4 Å². The largest absolute Gasteiger partial charge is 0.349 e. The van der Waals surface area contributed by atoms with Crippen LogP contribution in [0.5, 0.6) is 0 Å². The van der Waals surface area contributed by atoms with Gasteiger partial charge in [-0.2, -0.15) is 0 Å². The lowest BCUT2D eigenvalue weighted by Crippen LogP contribution is -2.30. The molecular formula is C14H17ClN2S. The van der Waals surface area contributed by atoms with E-state index >= 15 is 0 Å². The Labute approximate surface area is 117 Å². The Balaban J connectivity index is 2.23. The quantitative estimate of drug-likeness (QED) is 0.759. The summed E-state index contributed by atoms with van der Waals surface area (Å²) in [6, 6.07) is 10.7. The molecule has 0 aliphatic rings. The van der Waals surface area contributed by atoms with Crippen molar-refractivity contribution in [1.82, 2.24) is 4.98 Å². The van der Waals surface area contributed by atoms with Crippen LogP contribution in [-0.4, -0.2) is 11.0 Å². The third-order valence-electron chi connectivity index (χ3n) is 2.75. The number of halogens is 1. The lowest BCUT2D eigenvalue weighted by molar-refractivity contribution is 0.676. The van der Waals surface area contributed by atoms with Crippen LogP contribution < -0.4 is 4.90 Å². The van der Waals surface area contributed by atoms with E-state index in [1.807, 2.05) is 18.2 Å². The molecule has 0 spiro atoms. The third kappa shape index (κ3) is 3.24. The van der Waals surface area contributed by atoms with Gasteiger partial charge in [0, 0.05) is 10.9 Å². The van der Waals surface area contributed by atoms with Crippen molar-refractivity contribution >= 4 is 28.8 Å². The highest BCUT2D eigenvalue weighted by Crippen LogP contribution is 2.20. The monoisotopic (exact) mass is 280 g/mol. The lowest BCUT2D eigenvalue weighted by Gasteiger charge is -2.27. The summed E-state index contributed by atoms with van der Waals surface area (Å²) in [6.45, 7) is 5.26. The van der Waals surface area contributed by atoms with Crippen molar-refractivity contribution in [2.24, 2.45) is 0 Å². The maximum atomic E-state index is 5.85. The maximum Gasteiger partial charge on any atom is 0.129 e. The van der Waals surface area contributed by atoms with E-state index in [0.29, 0.717) is 11.9 Å². The van der Waals surface area contributed by atoms with Gasteiger partial charge in [-0.05, 0) is 37.4 Å². The van der Waals surface area contributed by atoms with Gasteiger partial charge in [0.05, 0.1) is 18.1 Å². The summed E-state index contributed by atoms with van der Waals surface area (Å²) in [5, 5.41) is 2.11.